The molecule has 13 heavy (non-hydrogen) atoms. The van der Waals surface area contributed by atoms with Crippen LogP contribution < -0.4 is 0 Å². The van der Waals surface area contributed by atoms with Gasteiger partial charge in [0.25, 0.3) is 0 Å². The van der Waals surface area contributed by atoms with E-state index < -0.39 is 0 Å². The Morgan fingerprint density at radius 1 is 1.23 bits per heavy atom. The standard InChI is InChI=1S/C10H11Cl3/c1-10(2,13)6-7-3-4-8(11)5-9(7)12/h3-5H,6H2,1-2H3. The number of hydrogen-bond donors (Lipinski definition) is 0. The smallest absolute Gasteiger partial charge is 0.0453 e. The number of alkyl halides is 1. The predicted octanol–water partition coefficient (Wildman–Crippen LogP) is 4.55. The third-order valence-corrected chi connectivity index (χ3v) is 2.35. The molecule has 0 aliphatic heterocycles. The van der Waals surface area contributed by atoms with Crippen LogP contribution in [0.5, 0.6) is 0 Å². The van der Waals surface area contributed by atoms with E-state index in [2.05, 4.69) is 0 Å². The zero-order valence-electron chi connectivity index (χ0n) is 7.57. The first-order chi connectivity index (χ1) is 5.88. The summed E-state index contributed by atoms with van der Waals surface area (Å²) in [6.07, 6.45) is 0.741. The lowest BCUT2D eigenvalue weighted by atomic mass is 10.0. The van der Waals surface area contributed by atoms with Crippen LogP contribution in [0.1, 0.15) is 19.4 Å². The van der Waals surface area contributed by atoms with Crippen LogP contribution in [0.4, 0.5) is 0 Å². The van der Waals surface area contributed by atoms with Gasteiger partial charge in [0, 0.05) is 14.9 Å². The topological polar surface area (TPSA) is 0 Å². The molecule has 0 nitrogen and oxygen atoms in total. The molecule has 0 saturated heterocycles. The fourth-order valence-electron chi connectivity index (χ4n) is 1.12. The van der Waals surface area contributed by atoms with Crippen molar-refractivity contribution in [1.29, 1.82) is 0 Å². The van der Waals surface area contributed by atoms with Gasteiger partial charge in [-0.25, -0.2) is 0 Å². The summed E-state index contributed by atoms with van der Waals surface area (Å²) in [5.41, 5.74) is 1.03. The van der Waals surface area contributed by atoms with Gasteiger partial charge in [-0.3, -0.25) is 0 Å². The lowest BCUT2D eigenvalue weighted by Gasteiger charge is -2.16. The summed E-state index contributed by atoms with van der Waals surface area (Å²) in [5.74, 6) is 0. The van der Waals surface area contributed by atoms with Gasteiger partial charge in [0.15, 0.2) is 0 Å². The Kier molecular flexibility index (Phi) is 3.50. The Hall–Kier alpha value is 0.0900. The van der Waals surface area contributed by atoms with Gasteiger partial charge in [0.1, 0.15) is 0 Å². The van der Waals surface area contributed by atoms with E-state index >= 15 is 0 Å². The maximum atomic E-state index is 6.09. The Bertz CT molecular complexity index is 300. The maximum absolute atomic E-state index is 6.09. The highest BCUT2D eigenvalue weighted by molar-refractivity contribution is 6.35. The number of hydrogen-bond acceptors (Lipinski definition) is 0. The molecule has 0 amide bonds. The molecule has 0 aliphatic carbocycles. The quantitative estimate of drug-likeness (QED) is 0.662. The molecule has 0 aliphatic rings. The molecule has 0 fully saturated rings. The fourth-order valence-corrected chi connectivity index (χ4v) is 1.74. The molecule has 0 saturated carbocycles. The van der Waals surface area contributed by atoms with Crippen LogP contribution in [0.25, 0.3) is 0 Å². The monoisotopic (exact) mass is 236 g/mol. The molecular formula is C10H11Cl3. The molecule has 0 bridgehead atoms. The number of rotatable bonds is 2. The Morgan fingerprint density at radius 2 is 1.85 bits per heavy atom. The zero-order valence-corrected chi connectivity index (χ0v) is 9.84. The van der Waals surface area contributed by atoms with Crippen LogP contribution in [-0.2, 0) is 6.42 Å². The minimum atomic E-state index is -0.266. The van der Waals surface area contributed by atoms with Crippen LogP contribution in [0, 0.1) is 0 Å². The van der Waals surface area contributed by atoms with Crippen molar-refractivity contribution >= 4 is 34.8 Å². The summed E-state index contributed by atoms with van der Waals surface area (Å²) < 4.78 is 0. The molecule has 0 aromatic heterocycles. The van der Waals surface area contributed by atoms with E-state index in [-0.39, 0.29) is 4.87 Å². The van der Waals surface area contributed by atoms with Gasteiger partial charge >= 0.3 is 0 Å². The second-order valence-electron chi connectivity index (χ2n) is 3.63. The average molecular weight is 238 g/mol. The zero-order chi connectivity index (χ0) is 10.1. The Balaban J connectivity index is 2.90. The minimum Gasteiger partial charge on any atom is -0.120 e. The summed E-state index contributed by atoms with van der Waals surface area (Å²) in [5, 5.41) is 1.34. The highest BCUT2D eigenvalue weighted by Gasteiger charge is 2.15. The van der Waals surface area contributed by atoms with Gasteiger partial charge in [-0.1, -0.05) is 29.3 Å². The first-order valence-corrected chi connectivity index (χ1v) is 5.15. The third-order valence-electron chi connectivity index (χ3n) is 1.63. The molecule has 0 radical (unpaired) electrons. The van der Waals surface area contributed by atoms with Gasteiger partial charge in [-0.15, -0.1) is 11.6 Å². The van der Waals surface area contributed by atoms with E-state index in [1.54, 1.807) is 6.07 Å². The predicted molar refractivity (Wildman–Crippen MR) is 60.1 cm³/mol. The van der Waals surface area contributed by atoms with E-state index in [4.69, 9.17) is 34.8 Å². The van der Waals surface area contributed by atoms with E-state index in [0.29, 0.717) is 10.0 Å². The molecular weight excluding hydrogens is 226 g/mol. The van der Waals surface area contributed by atoms with Crippen molar-refractivity contribution in [1.82, 2.24) is 0 Å². The van der Waals surface area contributed by atoms with Crippen molar-refractivity contribution in [2.24, 2.45) is 0 Å². The largest absolute Gasteiger partial charge is 0.120 e. The molecule has 0 atom stereocenters. The van der Waals surface area contributed by atoms with Gasteiger partial charge < -0.3 is 0 Å². The van der Waals surface area contributed by atoms with Crippen LogP contribution in [-0.4, -0.2) is 4.87 Å². The molecule has 1 aromatic rings. The minimum absolute atomic E-state index is 0.266. The number of benzene rings is 1. The Morgan fingerprint density at radius 3 is 2.31 bits per heavy atom. The van der Waals surface area contributed by atoms with Gasteiger partial charge in [0.2, 0.25) is 0 Å². The molecule has 0 spiro atoms. The van der Waals surface area contributed by atoms with Gasteiger partial charge in [0.05, 0.1) is 0 Å². The van der Waals surface area contributed by atoms with Crippen LogP contribution in [0.2, 0.25) is 10.0 Å². The Labute approximate surface area is 93.8 Å². The lowest BCUT2D eigenvalue weighted by Crippen LogP contribution is -2.14. The average Bonchev–Trinajstić information content (AvgIpc) is 1.93. The van der Waals surface area contributed by atoms with E-state index in [0.717, 1.165) is 12.0 Å². The van der Waals surface area contributed by atoms with Crippen LogP contribution >= 0.6 is 34.8 Å². The first kappa shape index (κ1) is 11.2. The highest BCUT2D eigenvalue weighted by Crippen LogP contribution is 2.27. The van der Waals surface area contributed by atoms with Crippen molar-refractivity contribution in [3.05, 3.63) is 33.8 Å². The SMILES string of the molecule is CC(C)(Cl)Cc1ccc(Cl)cc1Cl. The summed E-state index contributed by atoms with van der Waals surface area (Å²) in [6, 6.07) is 5.47. The highest BCUT2D eigenvalue weighted by atomic mass is 35.5. The fraction of sp³-hybridized carbons (Fsp3) is 0.400. The van der Waals surface area contributed by atoms with Crippen LogP contribution in [0.15, 0.2) is 18.2 Å². The second-order valence-corrected chi connectivity index (χ2v) is 5.50. The molecule has 0 heterocycles. The third kappa shape index (κ3) is 3.76. The van der Waals surface area contributed by atoms with Crippen molar-refractivity contribution < 1.29 is 0 Å². The summed E-state index contributed by atoms with van der Waals surface area (Å²) in [6.45, 7) is 3.92. The summed E-state index contributed by atoms with van der Waals surface area (Å²) >= 11 is 17.9. The normalized spacial score (nSPS) is 11.8. The molecule has 1 aromatic carbocycles. The van der Waals surface area contributed by atoms with Gasteiger partial charge in [-0.05, 0) is 38.0 Å². The van der Waals surface area contributed by atoms with E-state index in [9.17, 15) is 0 Å². The second kappa shape index (κ2) is 4.08. The number of halogens is 3. The van der Waals surface area contributed by atoms with Crippen LogP contribution in [0.3, 0.4) is 0 Å². The van der Waals surface area contributed by atoms with E-state index in [1.165, 1.54) is 0 Å². The van der Waals surface area contributed by atoms with Gasteiger partial charge in [-0.2, -0.15) is 0 Å². The maximum Gasteiger partial charge on any atom is 0.0453 e. The summed E-state index contributed by atoms with van der Waals surface area (Å²) in [7, 11) is 0. The van der Waals surface area contributed by atoms with Crippen molar-refractivity contribution in [3.63, 3.8) is 0 Å². The molecule has 0 N–H and O–H groups in total. The van der Waals surface area contributed by atoms with Crippen molar-refractivity contribution in [3.8, 4) is 0 Å². The first-order valence-electron chi connectivity index (χ1n) is 4.01. The van der Waals surface area contributed by atoms with Crippen molar-refractivity contribution in [2.75, 3.05) is 0 Å². The molecule has 0 unspecified atom stereocenters. The summed E-state index contributed by atoms with van der Waals surface area (Å²) in [4.78, 5) is -0.266. The lowest BCUT2D eigenvalue weighted by molar-refractivity contribution is 0.694. The van der Waals surface area contributed by atoms with E-state index in [1.807, 2.05) is 26.0 Å². The van der Waals surface area contributed by atoms with Crippen molar-refractivity contribution in [2.45, 2.75) is 25.1 Å². The molecule has 72 valence electrons. The molecule has 3 heteroatoms. The molecule has 1 rings (SSSR count).